The lowest BCUT2D eigenvalue weighted by Crippen LogP contribution is -2.48. The zero-order valence-corrected chi connectivity index (χ0v) is 19.0. The van der Waals surface area contributed by atoms with Gasteiger partial charge in [0.25, 0.3) is 5.91 Å². The Labute approximate surface area is 185 Å². The van der Waals surface area contributed by atoms with E-state index in [4.69, 9.17) is 0 Å². The zero-order valence-electron chi connectivity index (χ0n) is 19.0. The van der Waals surface area contributed by atoms with Gasteiger partial charge in [0.15, 0.2) is 0 Å². The van der Waals surface area contributed by atoms with Crippen molar-refractivity contribution in [2.45, 2.75) is 78.3 Å². The Morgan fingerprint density at radius 3 is 2.26 bits per heavy atom. The number of rotatable bonds is 15. The van der Waals surface area contributed by atoms with Crippen molar-refractivity contribution in [1.29, 1.82) is 0 Å². The van der Waals surface area contributed by atoms with E-state index in [1.54, 1.807) is 6.92 Å². The molecule has 1 aromatic rings. The van der Waals surface area contributed by atoms with E-state index in [1.807, 2.05) is 44.2 Å². The first-order chi connectivity index (χ1) is 14.9. The van der Waals surface area contributed by atoms with Gasteiger partial charge in [-0.25, -0.2) is 0 Å². The zero-order chi connectivity index (χ0) is 23.1. The summed E-state index contributed by atoms with van der Waals surface area (Å²) < 4.78 is 0. The molecule has 0 bridgehead atoms. The number of carbonyl (C=O) groups is 4. The van der Waals surface area contributed by atoms with Crippen LogP contribution in [0.25, 0.3) is 0 Å². The first-order valence-electron chi connectivity index (χ1n) is 11.3. The highest BCUT2D eigenvalue weighted by Gasteiger charge is 2.28. The summed E-state index contributed by atoms with van der Waals surface area (Å²) in [7, 11) is 0. The quantitative estimate of drug-likeness (QED) is 0.293. The molecule has 7 heteroatoms. The van der Waals surface area contributed by atoms with E-state index in [2.05, 4.69) is 16.0 Å². The molecule has 1 aromatic carbocycles. The lowest BCUT2D eigenvalue weighted by molar-refractivity contribution is -0.140. The van der Waals surface area contributed by atoms with Crippen LogP contribution in [0.4, 0.5) is 0 Å². The standard InChI is InChI=1S/C24H37N3O4/c1-4-6-8-13-20(22(29)24(31)26-17-19-11-9-7-10-12-19)27-23(30)18(3)14-15-21(28)25-16-5-2/h7,9-12,18,20H,4-6,8,13-17H2,1-3H3,(H,25,28)(H,26,31)(H,27,30)/t18-,20-/m0/s1. The molecular weight excluding hydrogens is 394 g/mol. The highest BCUT2D eigenvalue weighted by atomic mass is 16.2. The average molecular weight is 432 g/mol. The molecule has 0 spiro atoms. The molecule has 3 amide bonds. The van der Waals surface area contributed by atoms with E-state index in [-0.39, 0.29) is 24.8 Å². The third-order valence-corrected chi connectivity index (χ3v) is 5.07. The van der Waals surface area contributed by atoms with Gasteiger partial charge in [0.05, 0.1) is 6.04 Å². The van der Waals surface area contributed by atoms with Crippen LogP contribution < -0.4 is 16.0 Å². The third-order valence-electron chi connectivity index (χ3n) is 5.07. The maximum absolute atomic E-state index is 12.7. The highest BCUT2D eigenvalue weighted by Crippen LogP contribution is 2.10. The van der Waals surface area contributed by atoms with Crippen LogP contribution >= 0.6 is 0 Å². The van der Waals surface area contributed by atoms with Crippen LogP contribution in [0.3, 0.4) is 0 Å². The summed E-state index contributed by atoms with van der Waals surface area (Å²) in [6.45, 7) is 6.62. The lowest BCUT2D eigenvalue weighted by Gasteiger charge is -2.20. The van der Waals surface area contributed by atoms with Crippen LogP contribution in [-0.2, 0) is 25.7 Å². The summed E-state index contributed by atoms with van der Waals surface area (Å²) in [5.74, 6) is -2.15. The minimum Gasteiger partial charge on any atom is -0.356 e. The number of benzene rings is 1. The van der Waals surface area contributed by atoms with Gasteiger partial charge in [0, 0.05) is 25.4 Å². The minimum atomic E-state index is -0.855. The molecule has 31 heavy (non-hydrogen) atoms. The Morgan fingerprint density at radius 1 is 0.903 bits per heavy atom. The van der Waals surface area contributed by atoms with Crippen molar-refractivity contribution in [3.8, 4) is 0 Å². The van der Waals surface area contributed by atoms with Crippen LogP contribution in [-0.4, -0.2) is 36.1 Å². The van der Waals surface area contributed by atoms with Gasteiger partial charge in [-0.3, -0.25) is 19.2 Å². The summed E-state index contributed by atoms with van der Waals surface area (Å²) in [6.07, 6.45) is 4.54. The number of nitrogens with one attached hydrogen (secondary N) is 3. The number of amides is 3. The van der Waals surface area contributed by atoms with Gasteiger partial charge in [-0.2, -0.15) is 0 Å². The highest BCUT2D eigenvalue weighted by molar-refractivity contribution is 6.38. The van der Waals surface area contributed by atoms with Gasteiger partial charge >= 0.3 is 0 Å². The Morgan fingerprint density at radius 2 is 1.61 bits per heavy atom. The number of carbonyl (C=O) groups excluding carboxylic acids is 4. The van der Waals surface area contributed by atoms with Gasteiger partial charge < -0.3 is 16.0 Å². The summed E-state index contributed by atoms with van der Waals surface area (Å²) in [4.78, 5) is 49.5. The summed E-state index contributed by atoms with van der Waals surface area (Å²) in [5.41, 5.74) is 0.894. The topological polar surface area (TPSA) is 104 Å². The monoisotopic (exact) mass is 431 g/mol. The number of ketones is 1. The molecule has 0 aromatic heterocycles. The molecule has 0 saturated carbocycles. The molecule has 7 nitrogen and oxygen atoms in total. The maximum atomic E-state index is 12.7. The molecule has 0 aliphatic rings. The molecule has 0 unspecified atom stereocenters. The smallest absolute Gasteiger partial charge is 0.289 e. The Hall–Kier alpha value is -2.70. The second kappa shape index (κ2) is 15.2. The van der Waals surface area contributed by atoms with Crippen molar-refractivity contribution in [3.05, 3.63) is 35.9 Å². The van der Waals surface area contributed by atoms with E-state index >= 15 is 0 Å². The van der Waals surface area contributed by atoms with Crippen molar-refractivity contribution in [1.82, 2.24) is 16.0 Å². The lowest BCUT2D eigenvalue weighted by atomic mass is 10.00. The van der Waals surface area contributed by atoms with Gasteiger partial charge in [0.1, 0.15) is 0 Å². The van der Waals surface area contributed by atoms with Crippen molar-refractivity contribution < 1.29 is 19.2 Å². The number of hydrogen-bond donors (Lipinski definition) is 3. The van der Waals surface area contributed by atoms with Crippen LogP contribution in [0.2, 0.25) is 0 Å². The first-order valence-corrected chi connectivity index (χ1v) is 11.3. The molecule has 0 aliphatic heterocycles. The Balaban J connectivity index is 2.62. The van der Waals surface area contributed by atoms with Gasteiger partial charge in [0.2, 0.25) is 17.6 Å². The second-order valence-electron chi connectivity index (χ2n) is 7.88. The van der Waals surface area contributed by atoms with Crippen LogP contribution in [0, 0.1) is 5.92 Å². The maximum Gasteiger partial charge on any atom is 0.289 e. The SMILES string of the molecule is CCCCC[C@H](NC(=O)[C@@H](C)CCC(=O)NCCC)C(=O)C(=O)NCc1ccccc1. The number of hydrogen-bond acceptors (Lipinski definition) is 4. The molecule has 1 rings (SSSR count). The predicted octanol–water partition coefficient (Wildman–Crippen LogP) is 2.88. The van der Waals surface area contributed by atoms with Crippen molar-refractivity contribution in [2.75, 3.05) is 6.54 Å². The third kappa shape index (κ3) is 10.8. The largest absolute Gasteiger partial charge is 0.356 e. The van der Waals surface area contributed by atoms with E-state index in [1.165, 1.54) is 0 Å². The van der Waals surface area contributed by atoms with E-state index in [0.717, 1.165) is 31.2 Å². The fourth-order valence-electron chi connectivity index (χ4n) is 3.04. The van der Waals surface area contributed by atoms with Crippen LogP contribution in [0.5, 0.6) is 0 Å². The number of Topliss-reactive ketones (excluding diaryl/α,β-unsaturated/α-hetero) is 1. The Kier molecular flexibility index (Phi) is 12.9. The van der Waals surface area contributed by atoms with Crippen molar-refractivity contribution in [2.24, 2.45) is 5.92 Å². The molecular formula is C24H37N3O4. The van der Waals surface area contributed by atoms with Crippen LogP contribution in [0.1, 0.15) is 71.3 Å². The normalized spacial score (nSPS) is 12.5. The summed E-state index contributed by atoms with van der Waals surface area (Å²) in [6, 6.07) is 8.48. The molecule has 2 atom stereocenters. The first kappa shape index (κ1) is 26.3. The van der Waals surface area contributed by atoms with Crippen molar-refractivity contribution in [3.63, 3.8) is 0 Å². The molecule has 0 saturated heterocycles. The fraction of sp³-hybridized carbons (Fsp3) is 0.583. The predicted molar refractivity (Wildman–Crippen MR) is 121 cm³/mol. The molecule has 0 radical (unpaired) electrons. The summed E-state index contributed by atoms with van der Waals surface area (Å²) in [5, 5.41) is 8.16. The fourth-order valence-corrected chi connectivity index (χ4v) is 3.04. The molecule has 0 fully saturated rings. The Bertz CT molecular complexity index is 706. The molecule has 0 heterocycles. The van der Waals surface area contributed by atoms with Crippen LogP contribution in [0.15, 0.2) is 30.3 Å². The molecule has 0 aliphatic carbocycles. The van der Waals surface area contributed by atoms with Gasteiger partial charge in [-0.15, -0.1) is 0 Å². The second-order valence-corrected chi connectivity index (χ2v) is 7.88. The van der Waals surface area contributed by atoms with E-state index in [0.29, 0.717) is 19.4 Å². The van der Waals surface area contributed by atoms with Gasteiger partial charge in [-0.1, -0.05) is 70.4 Å². The minimum absolute atomic E-state index is 0.0858. The van der Waals surface area contributed by atoms with Gasteiger partial charge in [-0.05, 0) is 24.8 Å². The summed E-state index contributed by atoms with van der Waals surface area (Å²) >= 11 is 0. The average Bonchev–Trinajstić information content (AvgIpc) is 2.79. The van der Waals surface area contributed by atoms with Crippen molar-refractivity contribution >= 4 is 23.5 Å². The molecule has 172 valence electrons. The molecule has 3 N–H and O–H groups in total. The van der Waals surface area contributed by atoms with E-state index < -0.39 is 23.7 Å². The number of unbranched alkanes of at least 4 members (excludes halogenated alkanes) is 2. The van der Waals surface area contributed by atoms with E-state index in [9.17, 15) is 19.2 Å².